The number of hydrogen-bond acceptors (Lipinski definition) is 2. The van der Waals surface area contributed by atoms with Crippen molar-refractivity contribution in [1.29, 1.82) is 0 Å². The Labute approximate surface area is 129 Å². The highest BCUT2D eigenvalue weighted by Crippen LogP contribution is 2.26. The van der Waals surface area contributed by atoms with Gasteiger partial charge in [-0.25, -0.2) is 4.68 Å². The van der Waals surface area contributed by atoms with Crippen LogP contribution in [0.1, 0.15) is 5.56 Å². The minimum Gasteiger partial charge on any atom is -0.330 e. The van der Waals surface area contributed by atoms with Crippen molar-refractivity contribution in [3.63, 3.8) is 0 Å². The highest BCUT2D eigenvalue weighted by atomic mass is 35.5. The molecule has 0 aliphatic carbocycles. The number of para-hydroxylation sites is 1. The van der Waals surface area contributed by atoms with E-state index in [9.17, 15) is 0 Å². The van der Waals surface area contributed by atoms with Crippen LogP contribution in [-0.2, 0) is 6.42 Å². The van der Waals surface area contributed by atoms with E-state index < -0.39 is 0 Å². The van der Waals surface area contributed by atoms with Crippen LogP contribution in [0.2, 0.25) is 5.02 Å². The standard InChI is InChI=1S/C17H16ClN3/c18-16-8-4-7-14(9-10-19)17(16)21-12-15(11-20-21)13-5-2-1-3-6-13/h1-8,11-12H,9-10,19H2. The Morgan fingerprint density at radius 3 is 2.57 bits per heavy atom. The molecule has 0 radical (unpaired) electrons. The Kier molecular flexibility index (Phi) is 4.04. The summed E-state index contributed by atoms with van der Waals surface area (Å²) in [6, 6.07) is 16.0. The number of benzene rings is 2. The Bertz CT molecular complexity index is 735. The van der Waals surface area contributed by atoms with Crippen LogP contribution in [0.3, 0.4) is 0 Å². The summed E-state index contributed by atoms with van der Waals surface area (Å²) < 4.78 is 1.83. The second-order valence-corrected chi connectivity index (χ2v) is 5.23. The monoisotopic (exact) mass is 297 g/mol. The number of rotatable bonds is 4. The molecule has 0 fully saturated rings. The van der Waals surface area contributed by atoms with E-state index in [1.165, 1.54) is 0 Å². The molecule has 2 N–H and O–H groups in total. The minimum absolute atomic E-state index is 0.583. The molecule has 0 bridgehead atoms. The van der Waals surface area contributed by atoms with Gasteiger partial charge in [0, 0.05) is 11.8 Å². The van der Waals surface area contributed by atoms with Crippen molar-refractivity contribution < 1.29 is 0 Å². The molecule has 2 aromatic carbocycles. The van der Waals surface area contributed by atoms with Crippen LogP contribution in [0.4, 0.5) is 0 Å². The van der Waals surface area contributed by atoms with Crippen molar-refractivity contribution in [2.24, 2.45) is 5.73 Å². The van der Waals surface area contributed by atoms with Crippen molar-refractivity contribution in [3.8, 4) is 16.8 Å². The molecule has 21 heavy (non-hydrogen) atoms. The third kappa shape index (κ3) is 2.84. The van der Waals surface area contributed by atoms with Gasteiger partial charge in [-0.3, -0.25) is 0 Å². The molecule has 0 amide bonds. The van der Waals surface area contributed by atoms with Gasteiger partial charge in [0.15, 0.2) is 0 Å². The van der Waals surface area contributed by atoms with Gasteiger partial charge in [0.05, 0.1) is 16.9 Å². The maximum Gasteiger partial charge on any atom is 0.0864 e. The predicted molar refractivity (Wildman–Crippen MR) is 86.8 cm³/mol. The number of halogens is 1. The largest absolute Gasteiger partial charge is 0.330 e. The van der Waals surface area contributed by atoms with Crippen molar-refractivity contribution in [2.45, 2.75) is 6.42 Å². The van der Waals surface area contributed by atoms with Crippen molar-refractivity contribution in [3.05, 3.63) is 71.5 Å². The highest BCUT2D eigenvalue weighted by Gasteiger charge is 2.11. The summed E-state index contributed by atoms with van der Waals surface area (Å²) in [5.41, 5.74) is 9.89. The second kappa shape index (κ2) is 6.12. The smallest absolute Gasteiger partial charge is 0.0864 e. The summed E-state index contributed by atoms with van der Waals surface area (Å²) in [4.78, 5) is 0. The summed E-state index contributed by atoms with van der Waals surface area (Å²) >= 11 is 6.35. The molecular formula is C17H16ClN3. The van der Waals surface area contributed by atoms with Gasteiger partial charge in [0.25, 0.3) is 0 Å². The van der Waals surface area contributed by atoms with E-state index in [4.69, 9.17) is 17.3 Å². The predicted octanol–water partition coefficient (Wildman–Crippen LogP) is 3.69. The molecule has 0 spiro atoms. The lowest BCUT2D eigenvalue weighted by Crippen LogP contribution is -2.07. The van der Waals surface area contributed by atoms with Gasteiger partial charge in [-0.1, -0.05) is 54.1 Å². The Balaban J connectivity index is 2.04. The molecule has 1 heterocycles. The number of aromatic nitrogens is 2. The summed E-state index contributed by atoms with van der Waals surface area (Å²) in [5.74, 6) is 0. The zero-order chi connectivity index (χ0) is 14.7. The van der Waals surface area contributed by atoms with Gasteiger partial charge in [-0.05, 0) is 30.2 Å². The lowest BCUT2D eigenvalue weighted by Gasteiger charge is -2.10. The SMILES string of the molecule is NCCc1cccc(Cl)c1-n1cc(-c2ccccc2)cn1. The van der Waals surface area contributed by atoms with E-state index in [2.05, 4.69) is 17.2 Å². The van der Waals surface area contributed by atoms with Crippen LogP contribution < -0.4 is 5.73 Å². The number of nitrogens with two attached hydrogens (primary N) is 1. The van der Waals surface area contributed by atoms with Crippen molar-refractivity contribution >= 4 is 11.6 Å². The molecule has 0 aliphatic rings. The van der Waals surface area contributed by atoms with Gasteiger partial charge in [0.1, 0.15) is 0 Å². The van der Waals surface area contributed by atoms with E-state index in [1.54, 1.807) is 0 Å². The first-order valence-corrected chi connectivity index (χ1v) is 7.25. The molecule has 3 aromatic rings. The average Bonchev–Trinajstić information content (AvgIpc) is 2.98. The zero-order valence-corrected chi connectivity index (χ0v) is 12.3. The molecule has 3 nitrogen and oxygen atoms in total. The maximum absolute atomic E-state index is 6.35. The van der Waals surface area contributed by atoms with E-state index in [1.807, 2.05) is 53.5 Å². The molecule has 0 aliphatic heterocycles. The molecule has 0 unspecified atom stereocenters. The topological polar surface area (TPSA) is 43.8 Å². The zero-order valence-electron chi connectivity index (χ0n) is 11.5. The van der Waals surface area contributed by atoms with Crippen LogP contribution >= 0.6 is 11.6 Å². The fourth-order valence-corrected chi connectivity index (χ4v) is 2.68. The summed E-state index contributed by atoms with van der Waals surface area (Å²) in [7, 11) is 0. The Morgan fingerprint density at radius 2 is 1.81 bits per heavy atom. The van der Waals surface area contributed by atoms with E-state index in [0.717, 1.165) is 28.8 Å². The fraction of sp³-hybridized carbons (Fsp3) is 0.118. The summed E-state index contributed by atoms with van der Waals surface area (Å²) in [6.45, 7) is 0.583. The first-order chi connectivity index (χ1) is 10.3. The van der Waals surface area contributed by atoms with Crippen LogP contribution in [0.25, 0.3) is 16.8 Å². The number of nitrogens with zero attached hydrogens (tertiary/aromatic N) is 2. The maximum atomic E-state index is 6.35. The first-order valence-electron chi connectivity index (χ1n) is 6.87. The fourth-order valence-electron chi connectivity index (χ4n) is 2.40. The van der Waals surface area contributed by atoms with E-state index in [0.29, 0.717) is 11.6 Å². The molecular weight excluding hydrogens is 282 g/mol. The van der Waals surface area contributed by atoms with Crippen LogP contribution in [0.15, 0.2) is 60.9 Å². The molecule has 1 aromatic heterocycles. The van der Waals surface area contributed by atoms with Gasteiger partial charge in [-0.15, -0.1) is 0 Å². The Hall–Kier alpha value is -2.10. The lowest BCUT2D eigenvalue weighted by atomic mass is 10.1. The molecule has 106 valence electrons. The molecule has 0 saturated carbocycles. The summed E-state index contributed by atoms with van der Waals surface area (Å²) in [6.07, 6.45) is 4.62. The van der Waals surface area contributed by atoms with E-state index >= 15 is 0 Å². The van der Waals surface area contributed by atoms with Crippen molar-refractivity contribution in [2.75, 3.05) is 6.54 Å². The van der Waals surface area contributed by atoms with Gasteiger partial charge < -0.3 is 5.73 Å². The van der Waals surface area contributed by atoms with Crippen molar-refractivity contribution in [1.82, 2.24) is 9.78 Å². The van der Waals surface area contributed by atoms with Crippen LogP contribution in [0, 0.1) is 0 Å². The second-order valence-electron chi connectivity index (χ2n) is 4.83. The lowest BCUT2D eigenvalue weighted by molar-refractivity contribution is 0.851. The number of hydrogen-bond donors (Lipinski definition) is 1. The normalized spacial score (nSPS) is 10.8. The highest BCUT2D eigenvalue weighted by molar-refractivity contribution is 6.32. The Morgan fingerprint density at radius 1 is 1.00 bits per heavy atom. The first kappa shape index (κ1) is 13.9. The van der Waals surface area contributed by atoms with Gasteiger partial charge >= 0.3 is 0 Å². The van der Waals surface area contributed by atoms with Crippen LogP contribution in [-0.4, -0.2) is 16.3 Å². The van der Waals surface area contributed by atoms with E-state index in [-0.39, 0.29) is 0 Å². The molecule has 0 atom stereocenters. The van der Waals surface area contributed by atoms with Crippen LogP contribution in [0.5, 0.6) is 0 Å². The summed E-state index contributed by atoms with van der Waals surface area (Å²) in [5, 5.41) is 5.14. The molecule has 3 rings (SSSR count). The quantitative estimate of drug-likeness (QED) is 0.798. The average molecular weight is 298 g/mol. The molecule has 4 heteroatoms. The molecule has 0 saturated heterocycles. The van der Waals surface area contributed by atoms with Gasteiger partial charge in [0.2, 0.25) is 0 Å². The third-order valence-corrected chi connectivity index (χ3v) is 3.71. The van der Waals surface area contributed by atoms with Gasteiger partial charge in [-0.2, -0.15) is 5.10 Å². The third-order valence-electron chi connectivity index (χ3n) is 3.40. The minimum atomic E-state index is 0.583.